The van der Waals surface area contributed by atoms with Gasteiger partial charge in [0.25, 0.3) is 5.92 Å². The van der Waals surface area contributed by atoms with Crippen LogP contribution in [0.5, 0.6) is 0 Å². The van der Waals surface area contributed by atoms with Gasteiger partial charge in [-0.25, -0.2) is 12.8 Å². The minimum atomic E-state index is -4.11. The summed E-state index contributed by atoms with van der Waals surface area (Å²) in [6.45, 7) is -1.06. The summed E-state index contributed by atoms with van der Waals surface area (Å²) in [5.74, 6) is -3.85. The summed E-state index contributed by atoms with van der Waals surface area (Å²) in [6.07, 6.45) is 0. The van der Waals surface area contributed by atoms with Gasteiger partial charge >= 0.3 is 0 Å². The van der Waals surface area contributed by atoms with Crippen molar-refractivity contribution in [2.75, 3.05) is 6.54 Å². The van der Waals surface area contributed by atoms with Gasteiger partial charge < -0.3 is 0 Å². The van der Waals surface area contributed by atoms with E-state index >= 15 is 0 Å². The van der Waals surface area contributed by atoms with Crippen molar-refractivity contribution >= 4 is 10.0 Å². The summed E-state index contributed by atoms with van der Waals surface area (Å²) in [5, 5.41) is 0. The van der Waals surface area contributed by atoms with Crippen molar-refractivity contribution in [3.63, 3.8) is 0 Å². The van der Waals surface area contributed by atoms with Gasteiger partial charge in [0.05, 0.1) is 11.4 Å². The maximum atomic E-state index is 14.2. The van der Waals surface area contributed by atoms with Gasteiger partial charge in [0.1, 0.15) is 5.82 Å². The van der Waals surface area contributed by atoms with Crippen LogP contribution in [-0.2, 0) is 22.5 Å². The van der Waals surface area contributed by atoms with Crippen LogP contribution in [0.1, 0.15) is 11.1 Å². The molecule has 0 spiro atoms. The smallest absolute Gasteiger partial charge is 0.207 e. The molecule has 1 aliphatic rings. The highest BCUT2D eigenvalue weighted by Gasteiger charge is 2.44. The minimum absolute atomic E-state index is 0.133. The Labute approximate surface area is 126 Å². The van der Waals surface area contributed by atoms with E-state index in [1.54, 1.807) is 6.07 Å². The van der Waals surface area contributed by atoms with E-state index in [4.69, 9.17) is 0 Å². The summed E-state index contributed by atoms with van der Waals surface area (Å²) in [4.78, 5) is -0.205. The molecule has 0 amide bonds. The zero-order valence-corrected chi connectivity index (χ0v) is 12.2. The Morgan fingerprint density at radius 2 is 1.64 bits per heavy atom. The number of hydrogen-bond acceptors (Lipinski definition) is 2. The van der Waals surface area contributed by atoms with Crippen LogP contribution in [0, 0.1) is 5.82 Å². The van der Waals surface area contributed by atoms with Crippen molar-refractivity contribution in [2.24, 2.45) is 0 Å². The number of rotatable bonds is 2. The van der Waals surface area contributed by atoms with Crippen LogP contribution >= 0.6 is 0 Å². The van der Waals surface area contributed by atoms with E-state index in [0.717, 1.165) is 28.6 Å². The second-order valence-corrected chi connectivity index (χ2v) is 7.03. The zero-order chi connectivity index (χ0) is 16.0. The van der Waals surface area contributed by atoms with Gasteiger partial charge in [0.2, 0.25) is 10.0 Å². The van der Waals surface area contributed by atoms with E-state index in [1.165, 1.54) is 18.2 Å². The van der Waals surface area contributed by atoms with Crippen molar-refractivity contribution in [2.45, 2.75) is 17.4 Å². The second kappa shape index (κ2) is 5.10. The van der Waals surface area contributed by atoms with Gasteiger partial charge in [-0.05, 0) is 29.8 Å². The fourth-order valence-corrected chi connectivity index (χ4v) is 3.91. The molecule has 0 fully saturated rings. The Balaban J connectivity index is 2.02. The summed E-state index contributed by atoms with van der Waals surface area (Å²) in [5.41, 5.74) is 0.116. The lowest BCUT2D eigenvalue weighted by atomic mass is 9.98. The normalized spacial score (nSPS) is 18.0. The van der Waals surface area contributed by atoms with Gasteiger partial charge in [-0.2, -0.15) is 13.1 Å². The number of alkyl halides is 2. The Morgan fingerprint density at radius 1 is 1.00 bits per heavy atom. The molecule has 1 heterocycles. The maximum Gasteiger partial charge on any atom is 0.287 e. The molecule has 0 aromatic heterocycles. The van der Waals surface area contributed by atoms with Gasteiger partial charge in [0.15, 0.2) is 0 Å². The highest BCUT2D eigenvalue weighted by molar-refractivity contribution is 7.89. The molecule has 7 heteroatoms. The van der Waals surface area contributed by atoms with Crippen molar-refractivity contribution in [1.29, 1.82) is 0 Å². The summed E-state index contributed by atoms with van der Waals surface area (Å²) >= 11 is 0. The van der Waals surface area contributed by atoms with Crippen molar-refractivity contribution < 1.29 is 21.6 Å². The fraction of sp³-hybridized carbons (Fsp3) is 0.200. The topological polar surface area (TPSA) is 37.4 Å². The molecule has 3 nitrogen and oxygen atoms in total. The summed E-state index contributed by atoms with van der Waals surface area (Å²) < 4.78 is 66.9. The summed E-state index contributed by atoms with van der Waals surface area (Å²) in [6, 6.07) is 9.99. The van der Waals surface area contributed by atoms with Crippen LogP contribution < -0.4 is 0 Å². The number of hydrogen-bond donors (Lipinski definition) is 0. The van der Waals surface area contributed by atoms with E-state index in [0.29, 0.717) is 0 Å². The first-order valence-corrected chi connectivity index (χ1v) is 7.97. The molecule has 0 saturated carbocycles. The lowest BCUT2D eigenvalue weighted by Crippen LogP contribution is -2.43. The largest absolute Gasteiger partial charge is 0.287 e. The lowest BCUT2D eigenvalue weighted by molar-refractivity contribution is -0.0320. The van der Waals surface area contributed by atoms with Crippen molar-refractivity contribution in [3.8, 4) is 0 Å². The fourth-order valence-electron chi connectivity index (χ4n) is 2.49. The molecular weight excluding hydrogens is 315 g/mol. The monoisotopic (exact) mass is 327 g/mol. The van der Waals surface area contributed by atoms with Crippen LogP contribution in [0.2, 0.25) is 0 Å². The van der Waals surface area contributed by atoms with E-state index in [2.05, 4.69) is 0 Å². The molecular formula is C15H12F3NO2S. The van der Waals surface area contributed by atoms with E-state index in [9.17, 15) is 21.6 Å². The highest BCUT2D eigenvalue weighted by atomic mass is 32.2. The van der Waals surface area contributed by atoms with Crippen LogP contribution in [0.3, 0.4) is 0 Å². The minimum Gasteiger partial charge on any atom is -0.207 e. The number of halogens is 3. The molecule has 0 aliphatic carbocycles. The number of sulfonamides is 1. The molecule has 2 aromatic rings. The molecule has 2 aromatic carbocycles. The number of fused-ring (bicyclic) bond motifs is 1. The molecule has 0 radical (unpaired) electrons. The predicted octanol–water partition coefficient (Wildman–Crippen LogP) is 3.12. The SMILES string of the molecule is O=S(=O)(c1ccc(F)cc1)N1Cc2ccccc2C(F)(F)C1. The van der Waals surface area contributed by atoms with Crippen LogP contribution in [0.15, 0.2) is 53.4 Å². The number of nitrogens with zero attached hydrogens (tertiary/aromatic N) is 1. The van der Waals surface area contributed by atoms with E-state index in [-0.39, 0.29) is 22.6 Å². The molecule has 116 valence electrons. The van der Waals surface area contributed by atoms with Gasteiger partial charge in [0, 0.05) is 12.1 Å². The van der Waals surface area contributed by atoms with Crippen LogP contribution in [0.4, 0.5) is 13.2 Å². The Kier molecular flexibility index (Phi) is 3.49. The molecule has 0 unspecified atom stereocenters. The van der Waals surface area contributed by atoms with Gasteiger partial charge in [-0.15, -0.1) is 0 Å². The molecule has 1 aliphatic heterocycles. The Hall–Kier alpha value is -1.86. The third kappa shape index (κ3) is 2.50. The second-order valence-electron chi connectivity index (χ2n) is 5.09. The molecule has 0 saturated heterocycles. The van der Waals surface area contributed by atoms with Crippen molar-refractivity contribution in [3.05, 3.63) is 65.5 Å². The van der Waals surface area contributed by atoms with Crippen molar-refractivity contribution in [1.82, 2.24) is 4.31 Å². The van der Waals surface area contributed by atoms with E-state index in [1.807, 2.05) is 0 Å². The third-order valence-electron chi connectivity index (χ3n) is 3.58. The maximum absolute atomic E-state index is 14.2. The Bertz CT molecular complexity index is 804. The lowest BCUT2D eigenvalue weighted by Gasteiger charge is -2.33. The molecule has 22 heavy (non-hydrogen) atoms. The standard InChI is InChI=1S/C15H12F3NO2S/c16-12-5-7-13(8-6-12)22(20,21)19-9-11-3-1-2-4-14(11)15(17,18)10-19/h1-8H,9-10H2. The van der Waals surface area contributed by atoms with E-state index < -0.39 is 28.3 Å². The zero-order valence-electron chi connectivity index (χ0n) is 11.3. The first kappa shape index (κ1) is 15.1. The third-order valence-corrected chi connectivity index (χ3v) is 5.39. The number of benzene rings is 2. The highest BCUT2D eigenvalue weighted by Crippen LogP contribution is 2.38. The average Bonchev–Trinajstić information content (AvgIpc) is 2.47. The van der Waals surface area contributed by atoms with Crippen LogP contribution in [0.25, 0.3) is 0 Å². The first-order chi connectivity index (χ1) is 10.3. The Morgan fingerprint density at radius 3 is 2.32 bits per heavy atom. The molecule has 0 N–H and O–H groups in total. The molecule has 0 atom stereocenters. The molecule has 3 rings (SSSR count). The molecule has 0 bridgehead atoms. The quantitative estimate of drug-likeness (QED) is 0.850. The van der Waals surface area contributed by atoms with Gasteiger partial charge in [-0.1, -0.05) is 24.3 Å². The summed E-state index contributed by atoms with van der Waals surface area (Å²) in [7, 11) is -4.11. The predicted molar refractivity (Wildman–Crippen MR) is 74.3 cm³/mol. The first-order valence-electron chi connectivity index (χ1n) is 6.53. The van der Waals surface area contributed by atoms with Gasteiger partial charge in [-0.3, -0.25) is 0 Å². The van der Waals surface area contributed by atoms with Crippen LogP contribution in [-0.4, -0.2) is 19.3 Å². The average molecular weight is 327 g/mol.